The molecule has 0 amide bonds. The summed E-state index contributed by atoms with van der Waals surface area (Å²) < 4.78 is 6.83. The first-order valence-corrected chi connectivity index (χ1v) is 6.65. The number of halogens is 1. The van der Waals surface area contributed by atoms with E-state index in [9.17, 15) is 0 Å². The molecular formula is C15H16BrNO. The van der Waals surface area contributed by atoms with Crippen LogP contribution in [0, 0.1) is 6.92 Å². The Labute approximate surface area is 116 Å². The van der Waals surface area contributed by atoms with Crippen LogP contribution in [0.5, 0.6) is 5.75 Å². The van der Waals surface area contributed by atoms with E-state index in [1.807, 2.05) is 18.2 Å². The second-order valence-electron chi connectivity index (χ2n) is 4.23. The Kier molecular flexibility index (Phi) is 4.39. The molecule has 0 spiro atoms. The average molecular weight is 306 g/mol. The molecule has 0 heterocycles. The summed E-state index contributed by atoms with van der Waals surface area (Å²) in [5.41, 5.74) is 9.13. The monoisotopic (exact) mass is 305 g/mol. The van der Waals surface area contributed by atoms with Crippen LogP contribution in [0.25, 0.3) is 0 Å². The van der Waals surface area contributed by atoms with E-state index in [1.54, 1.807) is 0 Å². The van der Waals surface area contributed by atoms with Crippen LogP contribution in [-0.4, -0.2) is 0 Å². The van der Waals surface area contributed by atoms with Gasteiger partial charge in [0.25, 0.3) is 0 Å². The van der Waals surface area contributed by atoms with Crippen LogP contribution < -0.4 is 10.5 Å². The minimum absolute atomic E-state index is 0.475. The first-order chi connectivity index (χ1) is 8.69. The molecule has 0 aliphatic rings. The van der Waals surface area contributed by atoms with E-state index in [0.29, 0.717) is 13.2 Å². The van der Waals surface area contributed by atoms with Crippen LogP contribution in [-0.2, 0) is 13.2 Å². The Bertz CT molecular complexity index is 523. The van der Waals surface area contributed by atoms with E-state index in [-0.39, 0.29) is 0 Å². The van der Waals surface area contributed by atoms with Crippen LogP contribution in [0.4, 0.5) is 0 Å². The van der Waals surface area contributed by atoms with Gasteiger partial charge < -0.3 is 10.5 Å². The van der Waals surface area contributed by atoms with E-state index in [1.165, 1.54) is 5.56 Å². The van der Waals surface area contributed by atoms with Gasteiger partial charge in [0.2, 0.25) is 0 Å². The Hall–Kier alpha value is -1.32. The standard InChI is InChI=1S/C15H16BrNO/c1-11-2-4-12(5-3-11)10-18-15-7-6-14(16)8-13(15)9-17/h2-8H,9-10,17H2,1H3. The minimum Gasteiger partial charge on any atom is -0.489 e. The van der Waals surface area contributed by atoms with E-state index in [0.717, 1.165) is 21.3 Å². The fourth-order valence-corrected chi connectivity index (χ4v) is 2.10. The molecule has 0 atom stereocenters. The molecule has 0 aliphatic carbocycles. The predicted octanol–water partition coefficient (Wildman–Crippen LogP) is 3.80. The van der Waals surface area contributed by atoms with E-state index >= 15 is 0 Å². The van der Waals surface area contributed by atoms with Gasteiger partial charge in [-0.05, 0) is 30.7 Å². The van der Waals surface area contributed by atoms with Gasteiger partial charge in [-0.1, -0.05) is 45.8 Å². The Balaban J connectivity index is 2.08. The third kappa shape index (κ3) is 3.34. The molecule has 2 nitrogen and oxygen atoms in total. The molecule has 0 unspecified atom stereocenters. The molecule has 94 valence electrons. The molecule has 2 rings (SSSR count). The maximum Gasteiger partial charge on any atom is 0.124 e. The Morgan fingerprint density at radius 1 is 1.11 bits per heavy atom. The maximum atomic E-state index is 5.81. The lowest BCUT2D eigenvalue weighted by Gasteiger charge is -2.11. The lowest BCUT2D eigenvalue weighted by atomic mass is 10.1. The highest BCUT2D eigenvalue weighted by Crippen LogP contribution is 2.23. The third-order valence-electron chi connectivity index (χ3n) is 2.76. The van der Waals surface area contributed by atoms with Gasteiger partial charge in [0.1, 0.15) is 12.4 Å². The van der Waals surface area contributed by atoms with Gasteiger partial charge in [-0.3, -0.25) is 0 Å². The number of nitrogens with two attached hydrogens (primary N) is 1. The van der Waals surface area contributed by atoms with Crippen LogP contribution in [0.2, 0.25) is 0 Å². The summed E-state index contributed by atoms with van der Waals surface area (Å²) in [6.07, 6.45) is 0. The fraction of sp³-hybridized carbons (Fsp3) is 0.200. The van der Waals surface area contributed by atoms with Crippen LogP contribution in [0.3, 0.4) is 0 Å². The van der Waals surface area contributed by atoms with E-state index in [4.69, 9.17) is 10.5 Å². The van der Waals surface area contributed by atoms with Crippen LogP contribution >= 0.6 is 15.9 Å². The number of ether oxygens (including phenoxy) is 1. The summed E-state index contributed by atoms with van der Waals surface area (Å²) in [4.78, 5) is 0. The molecule has 0 bridgehead atoms. The predicted molar refractivity (Wildman–Crippen MR) is 77.5 cm³/mol. The molecule has 2 aromatic rings. The van der Waals surface area contributed by atoms with Gasteiger partial charge >= 0.3 is 0 Å². The molecular weight excluding hydrogens is 290 g/mol. The molecule has 0 fully saturated rings. The lowest BCUT2D eigenvalue weighted by Crippen LogP contribution is -2.02. The second-order valence-corrected chi connectivity index (χ2v) is 5.15. The largest absolute Gasteiger partial charge is 0.489 e. The van der Waals surface area contributed by atoms with Crippen LogP contribution in [0.1, 0.15) is 16.7 Å². The van der Waals surface area contributed by atoms with Crippen molar-refractivity contribution in [1.29, 1.82) is 0 Å². The molecule has 3 heteroatoms. The van der Waals surface area contributed by atoms with Crippen molar-refractivity contribution in [2.45, 2.75) is 20.1 Å². The number of hydrogen-bond acceptors (Lipinski definition) is 2. The van der Waals surface area contributed by atoms with Crippen molar-refractivity contribution < 1.29 is 4.74 Å². The summed E-state index contributed by atoms with van der Waals surface area (Å²) in [7, 11) is 0. The molecule has 2 N–H and O–H groups in total. The lowest BCUT2D eigenvalue weighted by molar-refractivity contribution is 0.303. The topological polar surface area (TPSA) is 35.2 Å². The van der Waals surface area contributed by atoms with Gasteiger partial charge in [0.15, 0.2) is 0 Å². The SMILES string of the molecule is Cc1ccc(COc2ccc(Br)cc2CN)cc1. The molecule has 2 aromatic carbocycles. The van der Waals surface area contributed by atoms with Crippen molar-refractivity contribution in [1.82, 2.24) is 0 Å². The zero-order valence-corrected chi connectivity index (χ0v) is 11.9. The molecule has 0 radical (unpaired) electrons. The summed E-state index contributed by atoms with van der Waals surface area (Å²) in [5.74, 6) is 0.848. The fourth-order valence-electron chi connectivity index (χ4n) is 1.69. The number of hydrogen-bond donors (Lipinski definition) is 1. The smallest absolute Gasteiger partial charge is 0.124 e. The summed E-state index contributed by atoms with van der Waals surface area (Å²) in [6.45, 7) is 3.11. The van der Waals surface area contributed by atoms with Gasteiger partial charge in [-0.25, -0.2) is 0 Å². The Morgan fingerprint density at radius 3 is 2.50 bits per heavy atom. The highest BCUT2D eigenvalue weighted by molar-refractivity contribution is 9.10. The Morgan fingerprint density at radius 2 is 1.83 bits per heavy atom. The van der Waals surface area contributed by atoms with Gasteiger partial charge in [-0.15, -0.1) is 0 Å². The van der Waals surface area contributed by atoms with E-state index < -0.39 is 0 Å². The first-order valence-electron chi connectivity index (χ1n) is 5.86. The first kappa shape index (κ1) is 13.1. The molecule has 0 aliphatic heterocycles. The number of benzene rings is 2. The maximum absolute atomic E-state index is 5.81. The van der Waals surface area contributed by atoms with Crippen LogP contribution in [0.15, 0.2) is 46.9 Å². The quantitative estimate of drug-likeness (QED) is 0.932. The summed E-state index contributed by atoms with van der Waals surface area (Å²) in [5, 5.41) is 0. The van der Waals surface area contributed by atoms with Crippen molar-refractivity contribution in [3.63, 3.8) is 0 Å². The van der Waals surface area contributed by atoms with Gasteiger partial charge in [0, 0.05) is 16.6 Å². The molecule has 0 saturated heterocycles. The molecule has 0 saturated carbocycles. The zero-order valence-electron chi connectivity index (χ0n) is 10.3. The third-order valence-corrected chi connectivity index (χ3v) is 3.25. The molecule has 0 aromatic heterocycles. The molecule has 18 heavy (non-hydrogen) atoms. The van der Waals surface area contributed by atoms with Gasteiger partial charge in [0.05, 0.1) is 0 Å². The average Bonchev–Trinajstić information content (AvgIpc) is 2.39. The number of rotatable bonds is 4. The summed E-state index contributed by atoms with van der Waals surface area (Å²) >= 11 is 3.43. The minimum atomic E-state index is 0.475. The highest BCUT2D eigenvalue weighted by Gasteiger charge is 2.03. The van der Waals surface area contributed by atoms with Crippen molar-refractivity contribution in [3.05, 3.63) is 63.6 Å². The summed E-state index contributed by atoms with van der Waals surface area (Å²) in [6, 6.07) is 14.2. The highest BCUT2D eigenvalue weighted by atomic mass is 79.9. The normalized spacial score (nSPS) is 10.4. The second kappa shape index (κ2) is 6.03. The van der Waals surface area contributed by atoms with Crippen molar-refractivity contribution in [2.24, 2.45) is 5.73 Å². The number of aryl methyl sites for hydroxylation is 1. The van der Waals surface area contributed by atoms with Crippen molar-refractivity contribution >= 4 is 15.9 Å². The van der Waals surface area contributed by atoms with Crippen molar-refractivity contribution in [2.75, 3.05) is 0 Å². The zero-order chi connectivity index (χ0) is 13.0. The van der Waals surface area contributed by atoms with E-state index in [2.05, 4.69) is 47.1 Å². The van der Waals surface area contributed by atoms with Crippen molar-refractivity contribution in [3.8, 4) is 5.75 Å². The van der Waals surface area contributed by atoms with Gasteiger partial charge in [-0.2, -0.15) is 0 Å².